The molecule has 7 heteroatoms. The Balaban J connectivity index is 2.65. The van der Waals surface area contributed by atoms with Gasteiger partial charge >= 0.3 is 0 Å². The molecule has 0 heterocycles. The average molecular weight is 360 g/mol. The first-order chi connectivity index (χ1) is 10.6. The number of hydrogen-bond acceptors (Lipinski definition) is 3. The zero-order valence-electron chi connectivity index (χ0n) is 13.9. The Labute approximate surface area is 147 Å². The van der Waals surface area contributed by atoms with Gasteiger partial charge in [-0.3, -0.25) is 9.59 Å². The van der Waals surface area contributed by atoms with E-state index in [1.54, 1.807) is 32.0 Å². The molecule has 1 aromatic carbocycles. The summed E-state index contributed by atoms with van der Waals surface area (Å²) >= 11 is 11.9. The standard InChI is InChI=1S/C16H23Cl2N3O2/c1-16(2,14(22)19-8-5-9-21(3)4)15(23)20-13-10-11(17)6-7-12(13)18/h6-7,10H,5,8-9H2,1-4H3,(H,19,22)(H,20,23). The predicted molar refractivity (Wildman–Crippen MR) is 95.1 cm³/mol. The first kappa shape index (κ1) is 19.7. The van der Waals surface area contributed by atoms with Gasteiger partial charge in [0.05, 0.1) is 10.7 Å². The van der Waals surface area contributed by atoms with Crippen molar-refractivity contribution < 1.29 is 9.59 Å². The molecule has 0 unspecified atom stereocenters. The minimum atomic E-state index is -1.22. The smallest absolute Gasteiger partial charge is 0.239 e. The first-order valence-electron chi connectivity index (χ1n) is 7.34. The van der Waals surface area contributed by atoms with Crippen LogP contribution in [0.15, 0.2) is 18.2 Å². The Kier molecular flexibility index (Phi) is 7.32. The molecule has 0 atom stereocenters. The number of carbonyl (C=O) groups is 2. The molecule has 0 saturated carbocycles. The van der Waals surface area contributed by atoms with Crippen molar-refractivity contribution in [3.63, 3.8) is 0 Å². The average Bonchev–Trinajstić information content (AvgIpc) is 2.46. The quantitative estimate of drug-likeness (QED) is 0.580. The van der Waals surface area contributed by atoms with E-state index >= 15 is 0 Å². The van der Waals surface area contributed by atoms with Crippen LogP contribution in [0.4, 0.5) is 5.69 Å². The lowest BCUT2D eigenvalue weighted by Gasteiger charge is -2.23. The van der Waals surface area contributed by atoms with Crippen LogP contribution in [0.25, 0.3) is 0 Å². The maximum absolute atomic E-state index is 12.4. The van der Waals surface area contributed by atoms with Crippen LogP contribution in [-0.2, 0) is 9.59 Å². The van der Waals surface area contributed by atoms with Crippen molar-refractivity contribution >= 4 is 40.7 Å². The highest BCUT2D eigenvalue weighted by atomic mass is 35.5. The molecule has 0 aliphatic rings. The van der Waals surface area contributed by atoms with Gasteiger partial charge in [-0.25, -0.2) is 0 Å². The summed E-state index contributed by atoms with van der Waals surface area (Å²) in [4.78, 5) is 26.7. The van der Waals surface area contributed by atoms with E-state index in [4.69, 9.17) is 23.2 Å². The second kappa shape index (κ2) is 8.52. The van der Waals surface area contributed by atoms with Crippen molar-refractivity contribution in [3.05, 3.63) is 28.2 Å². The highest BCUT2D eigenvalue weighted by molar-refractivity contribution is 6.35. The normalized spacial score (nSPS) is 11.4. The van der Waals surface area contributed by atoms with Gasteiger partial charge in [-0.1, -0.05) is 23.2 Å². The van der Waals surface area contributed by atoms with Gasteiger partial charge in [-0.05, 0) is 59.1 Å². The Hall–Kier alpha value is -1.30. The van der Waals surface area contributed by atoms with Crippen LogP contribution < -0.4 is 10.6 Å². The molecule has 128 valence electrons. The van der Waals surface area contributed by atoms with Crippen molar-refractivity contribution in [2.24, 2.45) is 5.41 Å². The number of halogens is 2. The Morgan fingerprint density at radius 1 is 1.17 bits per heavy atom. The molecular formula is C16H23Cl2N3O2. The van der Waals surface area contributed by atoms with Crippen molar-refractivity contribution in [1.29, 1.82) is 0 Å². The van der Waals surface area contributed by atoms with E-state index < -0.39 is 11.3 Å². The van der Waals surface area contributed by atoms with Crippen molar-refractivity contribution in [2.75, 3.05) is 32.5 Å². The minimum Gasteiger partial charge on any atom is -0.355 e. The van der Waals surface area contributed by atoms with Crippen LogP contribution in [-0.4, -0.2) is 43.9 Å². The van der Waals surface area contributed by atoms with E-state index in [1.165, 1.54) is 0 Å². The Morgan fingerprint density at radius 2 is 1.83 bits per heavy atom. The molecule has 0 aliphatic carbocycles. The van der Waals surface area contributed by atoms with Gasteiger partial charge in [-0.15, -0.1) is 0 Å². The zero-order valence-corrected chi connectivity index (χ0v) is 15.4. The fraction of sp³-hybridized carbons (Fsp3) is 0.500. The SMILES string of the molecule is CN(C)CCCNC(=O)C(C)(C)C(=O)Nc1cc(Cl)ccc1Cl. The third kappa shape index (κ3) is 6.01. The molecule has 1 aromatic rings. The first-order valence-corrected chi connectivity index (χ1v) is 8.09. The fourth-order valence-corrected chi connectivity index (χ4v) is 2.13. The Bertz CT molecular complexity index is 574. The summed E-state index contributed by atoms with van der Waals surface area (Å²) in [5, 5.41) is 6.26. The van der Waals surface area contributed by atoms with Crippen LogP contribution in [0.1, 0.15) is 20.3 Å². The predicted octanol–water partition coefficient (Wildman–Crippen LogP) is 3.03. The third-order valence-corrected chi connectivity index (χ3v) is 3.94. The van der Waals surface area contributed by atoms with Gasteiger partial charge in [-0.2, -0.15) is 0 Å². The fourth-order valence-electron chi connectivity index (χ4n) is 1.79. The molecule has 0 aliphatic heterocycles. The van der Waals surface area contributed by atoms with Crippen molar-refractivity contribution in [2.45, 2.75) is 20.3 Å². The molecule has 1 rings (SSSR count). The van der Waals surface area contributed by atoms with E-state index in [0.717, 1.165) is 13.0 Å². The molecule has 23 heavy (non-hydrogen) atoms. The molecule has 0 aromatic heterocycles. The van der Waals surface area contributed by atoms with E-state index in [-0.39, 0.29) is 5.91 Å². The number of carbonyl (C=O) groups excluding carboxylic acids is 2. The van der Waals surface area contributed by atoms with Gasteiger partial charge in [0.15, 0.2) is 0 Å². The molecular weight excluding hydrogens is 337 g/mol. The summed E-state index contributed by atoms with van der Waals surface area (Å²) in [5.74, 6) is -0.765. The van der Waals surface area contributed by atoms with Crippen molar-refractivity contribution in [3.8, 4) is 0 Å². The summed E-state index contributed by atoms with van der Waals surface area (Å²) < 4.78 is 0. The lowest BCUT2D eigenvalue weighted by molar-refractivity contribution is -0.138. The number of anilines is 1. The van der Waals surface area contributed by atoms with Crippen LogP contribution in [0.3, 0.4) is 0 Å². The summed E-state index contributed by atoms with van der Waals surface area (Å²) in [7, 11) is 3.93. The minimum absolute atomic E-state index is 0.327. The molecule has 2 amide bonds. The summed E-state index contributed by atoms with van der Waals surface area (Å²) in [6.45, 7) is 4.53. The number of rotatable bonds is 7. The van der Waals surface area contributed by atoms with Gasteiger partial charge in [0, 0.05) is 11.6 Å². The summed E-state index contributed by atoms with van der Waals surface area (Å²) in [6.07, 6.45) is 0.816. The lowest BCUT2D eigenvalue weighted by Crippen LogP contribution is -2.45. The van der Waals surface area contributed by atoms with Crippen LogP contribution in [0, 0.1) is 5.41 Å². The highest BCUT2D eigenvalue weighted by Gasteiger charge is 2.36. The van der Waals surface area contributed by atoms with E-state index in [9.17, 15) is 9.59 Å². The van der Waals surface area contributed by atoms with Crippen LogP contribution in [0.2, 0.25) is 10.0 Å². The van der Waals surface area contributed by atoms with Crippen LogP contribution >= 0.6 is 23.2 Å². The molecule has 0 fully saturated rings. The van der Waals surface area contributed by atoms with E-state index in [1.807, 2.05) is 19.0 Å². The summed E-state index contributed by atoms with van der Waals surface area (Å²) in [5.41, 5.74) is -0.832. The number of amides is 2. The second-order valence-electron chi connectivity index (χ2n) is 6.12. The Morgan fingerprint density at radius 3 is 2.43 bits per heavy atom. The van der Waals surface area contributed by atoms with E-state index in [0.29, 0.717) is 22.3 Å². The maximum Gasteiger partial charge on any atom is 0.239 e. The van der Waals surface area contributed by atoms with E-state index in [2.05, 4.69) is 10.6 Å². The molecule has 5 nitrogen and oxygen atoms in total. The number of nitrogens with zero attached hydrogens (tertiary/aromatic N) is 1. The van der Waals surface area contributed by atoms with Crippen molar-refractivity contribution in [1.82, 2.24) is 10.2 Å². The largest absolute Gasteiger partial charge is 0.355 e. The molecule has 2 N–H and O–H groups in total. The number of benzene rings is 1. The maximum atomic E-state index is 12.4. The van der Waals surface area contributed by atoms with Gasteiger partial charge in [0.2, 0.25) is 11.8 Å². The lowest BCUT2D eigenvalue weighted by atomic mass is 9.91. The van der Waals surface area contributed by atoms with Gasteiger partial charge < -0.3 is 15.5 Å². The number of hydrogen-bond donors (Lipinski definition) is 2. The molecule has 0 spiro atoms. The third-order valence-electron chi connectivity index (χ3n) is 3.38. The molecule has 0 radical (unpaired) electrons. The topological polar surface area (TPSA) is 61.4 Å². The van der Waals surface area contributed by atoms with Gasteiger partial charge in [0.25, 0.3) is 0 Å². The van der Waals surface area contributed by atoms with Crippen LogP contribution in [0.5, 0.6) is 0 Å². The highest BCUT2D eigenvalue weighted by Crippen LogP contribution is 2.27. The van der Waals surface area contributed by atoms with Gasteiger partial charge in [0.1, 0.15) is 5.41 Å². The summed E-state index contributed by atoms with van der Waals surface area (Å²) in [6, 6.07) is 4.77. The number of nitrogens with one attached hydrogen (secondary N) is 2. The molecule has 0 saturated heterocycles. The second-order valence-corrected chi connectivity index (χ2v) is 6.96. The monoisotopic (exact) mass is 359 g/mol. The molecule has 0 bridgehead atoms. The zero-order chi connectivity index (χ0) is 17.6.